The van der Waals surface area contributed by atoms with Gasteiger partial charge in [-0.15, -0.1) is 0 Å². The van der Waals surface area contributed by atoms with Crippen molar-refractivity contribution in [3.8, 4) is 0 Å². The van der Waals surface area contributed by atoms with Crippen LogP contribution in [0.2, 0.25) is 0 Å². The quantitative estimate of drug-likeness (QED) is 0.820. The molecule has 0 aliphatic carbocycles. The summed E-state index contributed by atoms with van der Waals surface area (Å²) in [5.41, 5.74) is 0.00840. The number of carbonyl (C=O) groups is 2. The number of hydrogen-bond donors (Lipinski definition) is 1. The Kier molecular flexibility index (Phi) is 4.24. The topological polar surface area (TPSA) is 60.9 Å². The Balaban J connectivity index is 2.74. The average molecular weight is 256 g/mol. The van der Waals surface area contributed by atoms with Crippen LogP contribution in [-0.4, -0.2) is 53.1 Å². The number of carboxylic acid groups (broad SMARTS) is 1. The van der Waals surface area contributed by atoms with Crippen LogP contribution in [0.15, 0.2) is 0 Å². The number of aliphatic carboxylic acids is 1. The molecule has 0 aromatic heterocycles. The van der Waals surface area contributed by atoms with Crippen LogP contribution < -0.4 is 0 Å². The fourth-order valence-electron chi connectivity index (χ4n) is 2.54. The lowest BCUT2D eigenvalue weighted by atomic mass is 9.96. The maximum absolute atomic E-state index is 12.3. The largest absolute Gasteiger partial charge is 0.480 e. The van der Waals surface area contributed by atoms with E-state index in [-0.39, 0.29) is 17.4 Å². The van der Waals surface area contributed by atoms with E-state index in [1.165, 1.54) is 4.90 Å². The van der Waals surface area contributed by atoms with Gasteiger partial charge in [-0.25, -0.2) is 9.59 Å². The second kappa shape index (κ2) is 5.16. The zero-order valence-electron chi connectivity index (χ0n) is 11.9. The predicted octanol–water partition coefficient (Wildman–Crippen LogP) is 1.88. The summed E-state index contributed by atoms with van der Waals surface area (Å²) < 4.78 is 0. The first-order valence-corrected chi connectivity index (χ1v) is 6.38. The summed E-state index contributed by atoms with van der Waals surface area (Å²) >= 11 is 0. The van der Waals surface area contributed by atoms with Gasteiger partial charge >= 0.3 is 12.0 Å². The minimum atomic E-state index is -0.905. The lowest BCUT2D eigenvalue weighted by Crippen LogP contribution is -2.49. The van der Waals surface area contributed by atoms with Crippen LogP contribution in [0.4, 0.5) is 4.79 Å². The summed E-state index contributed by atoms with van der Waals surface area (Å²) in [6.45, 7) is 9.19. The van der Waals surface area contributed by atoms with Gasteiger partial charge in [-0.2, -0.15) is 0 Å². The van der Waals surface area contributed by atoms with Gasteiger partial charge in [0.25, 0.3) is 0 Å². The van der Waals surface area contributed by atoms with Gasteiger partial charge in [0.15, 0.2) is 0 Å². The third-order valence-electron chi connectivity index (χ3n) is 3.24. The molecule has 0 aromatic carbocycles. The van der Waals surface area contributed by atoms with Gasteiger partial charge in [0.05, 0.1) is 0 Å². The zero-order valence-corrected chi connectivity index (χ0v) is 11.9. The number of likely N-dealkylation sites (tertiary alicyclic amines) is 1. The second-order valence-electron chi connectivity index (χ2n) is 6.44. The molecule has 2 amide bonds. The molecule has 0 radical (unpaired) electrons. The normalized spacial score (nSPS) is 24.2. The first-order chi connectivity index (χ1) is 8.13. The summed E-state index contributed by atoms with van der Waals surface area (Å²) in [4.78, 5) is 26.6. The fraction of sp³-hybridized carbons (Fsp3) is 0.846. The van der Waals surface area contributed by atoms with E-state index in [1.54, 1.807) is 11.9 Å². The molecule has 5 nitrogen and oxygen atoms in total. The molecular formula is C13H24N2O3. The van der Waals surface area contributed by atoms with Gasteiger partial charge in [-0.05, 0) is 17.8 Å². The van der Waals surface area contributed by atoms with Crippen molar-refractivity contribution in [2.75, 3.05) is 20.1 Å². The molecule has 1 saturated heterocycles. The Morgan fingerprint density at radius 1 is 1.39 bits per heavy atom. The Morgan fingerprint density at radius 2 is 1.94 bits per heavy atom. The van der Waals surface area contributed by atoms with Crippen molar-refractivity contribution in [2.24, 2.45) is 11.3 Å². The van der Waals surface area contributed by atoms with Crippen LogP contribution in [0.25, 0.3) is 0 Å². The minimum Gasteiger partial charge on any atom is -0.480 e. The average Bonchev–Trinajstić information content (AvgIpc) is 2.56. The molecule has 1 N–H and O–H groups in total. The number of carbonyl (C=O) groups excluding carboxylic acids is 1. The van der Waals surface area contributed by atoms with Gasteiger partial charge in [0.2, 0.25) is 0 Å². The van der Waals surface area contributed by atoms with E-state index in [0.717, 1.165) is 6.42 Å². The third-order valence-corrected chi connectivity index (χ3v) is 3.24. The lowest BCUT2D eigenvalue weighted by molar-refractivity contribution is -0.142. The van der Waals surface area contributed by atoms with Crippen molar-refractivity contribution < 1.29 is 14.7 Å². The van der Waals surface area contributed by atoms with E-state index in [4.69, 9.17) is 0 Å². The van der Waals surface area contributed by atoms with Crippen molar-refractivity contribution >= 4 is 12.0 Å². The predicted molar refractivity (Wildman–Crippen MR) is 69.4 cm³/mol. The highest BCUT2D eigenvalue weighted by molar-refractivity contribution is 5.83. The van der Waals surface area contributed by atoms with Crippen molar-refractivity contribution in [1.82, 2.24) is 9.80 Å². The maximum Gasteiger partial charge on any atom is 0.326 e. The van der Waals surface area contributed by atoms with E-state index in [1.807, 2.05) is 6.92 Å². The highest BCUT2D eigenvalue weighted by Crippen LogP contribution is 2.26. The number of rotatable bonds is 2. The van der Waals surface area contributed by atoms with E-state index >= 15 is 0 Å². The molecule has 0 saturated carbocycles. The summed E-state index contributed by atoms with van der Waals surface area (Å²) in [6.07, 6.45) is 0.756. The summed E-state index contributed by atoms with van der Waals surface area (Å²) in [6, 6.07) is -0.860. The van der Waals surface area contributed by atoms with Gasteiger partial charge in [0, 0.05) is 20.1 Å². The van der Waals surface area contributed by atoms with Crippen LogP contribution in [0.1, 0.15) is 34.1 Å². The molecule has 5 heteroatoms. The molecule has 104 valence electrons. The zero-order chi connectivity index (χ0) is 14.1. The van der Waals surface area contributed by atoms with Crippen LogP contribution in [0.5, 0.6) is 0 Å². The van der Waals surface area contributed by atoms with Crippen molar-refractivity contribution in [3.05, 3.63) is 0 Å². The molecule has 1 aliphatic heterocycles. The molecular weight excluding hydrogens is 232 g/mol. The van der Waals surface area contributed by atoms with Crippen LogP contribution >= 0.6 is 0 Å². The van der Waals surface area contributed by atoms with E-state index in [9.17, 15) is 14.7 Å². The number of carboxylic acids is 1. The van der Waals surface area contributed by atoms with Crippen LogP contribution in [-0.2, 0) is 4.79 Å². The molecule has 1 aliphatic rings. The van der Waals surface area contributed by atoms with E-state index < -0.39 is 12.0 Å². The smallest absolute Gasteiger partial charge is 0.326 e. The molecule has 1 rings (SSSR count). The number of amides is 2. The molecule has 1 fully saturated rings. The van der Waals surface area contributed by atoms with Gasteiger partial charge in [0.1, 0.15) is 6.04 Å². The first kappa shape index (κ1) is 14.8. The Hall–Kier alpha value is -1.26. The van der Waals surface area contributed by atoms with E-state index in [2.05, 4.69) is 20.8 Å². The third kappa shape index (κ3) is 3.37. The van der Waals surface area contributed by atoms with Gasteiger partial charge in [-0.3, -0.25) is 0 Å². The number of nitrogens with zero attached hydrogens (tertiary/aromatic N) is 2. The van der Waals surface area contributed by atoms with Crippen LogP contribution in [0, 0.1) is 11.3 Å². The molecule has 18 heavy (non-hydrogen) atoms. The lowest BCUT2D eigenvalue weighted by Gasteiger charge is -2.32. The monoisotopic (exact) mass is 256 g/mol. The molecule has 0 aromatic rings. The Bertz CT molecular complexity index is 336. The van der Waals surface area contributed by atoms with Crippen molar-refractivity contribution in [2.45, 2.75) is 40.2 Å². The Labute approximate surface area is 109 Å². The first-order valence-electron chi connectivity index (χ1n) is 6.38. The van der Waals surface area contributed by atoms with Crippen molar-refractivity contribution in [3.63, 3.8) is 0 Å². The minimum absolute atomic E-state index is 0.00840. The summed E-state index contributed by atoms with van der Waals surface area (Å²) in [7, 11) is 1.73. The second-order valence-corrected chi connectivity index (χ2v) is 6.44. The SMILES string of the molecule is CC1CCN(C(=O)N(C)CC(C)(C)C)C1C(=O)O. The van der Waals surface area contributed by atoms with Gasteiger partial charge < -0.3 is 14.9 Å². The molecule has 2 unspecified atom stereocenters. The highest BCUT2D eigenvalue weighted by atomic mass is 16.4. The molecule has 2 atom stereocenters. The molecule has 1 heterocycles. The molecule has 0 bridgehead atoms. The standard InChI is InChI=1S/C13H24N2O3/c1-9-6-7-15(10(9)11(16)17)12(18)14(5)8-13(2,3)4/h9-10H,6-8H2,1-5H3,(H,16,17). The van der Waals surface area contributed by atoms with Gasteiger partial charge in [-0.1, -0.05) is 27.7 Å². The fourth-order valence-corrected chi connectivity index (χ4v) is 2.54. The van der Waals surface area contributed by atoms with Crippen molar-refractivity contribution in [1.29, 1.82) is 0 Å². The highest BCUT2D eigenvalue weighted by Gasteiger charge is 2.40. The molecule has 0 spiro atoms. The van der Waals surface area contributed by atoms with Crippen LogP contribution in [0.3, 0.4) is 0 Å². The summed E-state index contributed by atoms with van der Waals surface area (Å²) in [5, 5.41) is 9.20. The van der Waals surface area contributed by atoms with E-state index in [0.29, 0.717) is 13.1 Å². The number of hydrogen-bond acceptors (Lipinski definition) is 2. The number of urea groups is 1. The maximum atomic E-state index is 12.3. The Morgan fingerprint density at radius 3 is 2.39 bits per heavy atom. The summed E-state index contributed by atoms with van der Waals surface area (Å²) in [5.74, 6) is -0.882.